The van der Waals surface area contributed by atoms with E-state index in [1.807, 2.05) is 0 Å². The van der Waals surface area contributed by atoms with Crippen LogP contribution in [0, 0.1) is 6.92 Å². The van der Waals surface area contributed by atoms with Gasteiger partial charge in [-0.1, -0.05) is 0 Å². The zero-order valence-corrected chi connectivity index (χ0v) is 14.4. The summed E-state index contributed by atoms with van der Waals surface area (Å²) in [5, 5.41) is 12.4. The summed E-state index contributed by atoms with van der Waals surface area (Å²) in [6.45, 7) is 3.10. The van der Waals surface area contributed by atoms with Gasteiger partial charge in [-0.25, -0.2) is 9.50 Å². The number of rotatable bonds is 3. The molecule has 4 rings (SSSR count). The van der Waals surface area contributed by atoms with Gasteiger partial charge in [-0.3, -0.25) is 24.6 Å². The van der Waals surface area contributed by atoms with E-state index in [2.05, 4.69) is 25.6 Å². The normalized spacial score (nSPS) is 11.0. The largest absolute Gasteiger partial charge is 0.425 e. The van der Waals surface area contributed by atoms with Gasteiger partial charge < -0.3 is 10.1 Å². The summed E-state index contributed by atoms with van der Waals surface area (Å²) in [7, 11) is 0. The number of benzene rings is 1. The fraction of sp³-hybridized carbons (Fsp3) is 0.118. The molecular formula is C17H14N6O4. The summed E-state index contributed by atoms with van der Waals surface area (Å²) in [5.41, 5.74) is 1.08. The molecule has 3 N–H and O–H groups in total. The Morgan fingerprint density at radius 2 is 1.93 bits per heavy atom. The molecule has 0 aliphatic carbocycles. The van der Waals surface area contributed by atoms with Crippen molar-refractivity contribution in [1.82, 2.24) is 24.8 Å². The van der Waals surface area contributed by atoms with Gasteiger partial charge in [-0.15, -0.1) is 0 Å². The van der Waals surface area contributed by atoms with Crippen LogP contribution in [0.25, 0.3) is 16.3 Å². The lowest BCUT2D eigenvalue weighted by Crippen LogP contribution is -2.18. The molecule has 10 nitrogen and oxygen atoms in total. The molecule has 0 unspecified atom stereocenters. The minimum atomic E-state index is -0.435. The third-order valence-corrected chi connectivity index (χ3v) is 4.10. The van der Waals surface area contributed by atoms with E-state index in [4.69, 9.17) is 4.74 Å². The first-order valence-electron chi connectivity index (χ1n) is 7.97. The van der Waals surface area contributed by atoms with Gasteiger partial charge in [-0.05, 0) is 25.1 Å². The van der Waals surface area contributed by atoms with Gasteiger partial charge in [0.15, 0.2) is 11.6 Å². The lowest BCUT2D eigenvalue weighted by Gasteiger charge is -2.08. The Morgan fingerprint density at radius 1 is 1.19 bits per heavy atom. The first-order chi connectivity index (χ1) is 12.9. The molecule has 10 heteroatoms. The molecule has 136 valence electrons. The van der Waals surface area contributed by atoms with Crippen LogP contribution in [0.2, 0.25) is 0 Å². The second-order valence-electron chi connectivity index (χ2n) is 5.91. The van der Waals surface area contributed by atoms with Crippen molar-refractivity contribution in [3.8, 4) is 5.75 Å². The maximum atomic E-state index is 12.0. The van der Waals surface area contributed by atoms with Crippen molar-refractivity contribution in [2.24, 2.45) is 0 Å². The predicted molar refractivity (Wildman–Crippen MR) is 97.5 cm³/mol. The fourth-order valence-corrected chi connectivity index (χ4v) is 2.88. The van der Waals surface area contributed by atoms with Crippen molar-refractivity contribution in [1.29, 1.82) is 0 Å². The molecular weight excluding hydrogens is 352 g/mol. The van der Waals surface area contributed by atoms with E-state index < -0.39 is 11.5 Å². The number of ether oxygens (including phenoxy) is 1. The zero-order chi connectivity index (χ0) is 19.1. The van der Waals surface area contributed by atoms with Crippen molar-refractivity contribution in [3.63, 3.8) is 0 Å². The van der Waals surface area contributed by atoms with Crippen molar-refractivity contribution in [2.75, 3.05) is 5.32 Å². The van der Waals surface area contributed by atoms with Crippen LogP contribution in [0.4, 0.5) is 11.5 Å². The molecule has 27 heavy (non-hydrogen) atoms. The molecule has 0 spiro atoms. The minimum Gasteiger partial charge on any atom is -0.425 e. The van der Waals surface area contributed by atoms with E-state index in [0.717, 1.165) is 0 Å². The molecule has 0 aliphatic rings. The fourth-order valence-electron chi connectivity index (χ4n) is 2.88. The molecule has 0 atom stereocenters. The van der Waals surface area contributed by atoms with E-state index in [1.54, 1.807) is 35.8 Å². The predicted octanol–water partition coefficient (Wildman–Crippen LogP) is 1.24. The van der Waals surface area contributed by atoms with Crippen molar-refractivity contribution < 1.29 is 9.53 Å². The lowest BCUT2D eigenvalue weighted by molar-refractivity contribution is -0.131. The van der Waals surface area contributed by atoms with E-state index >= 15 is 0 Å². The average molecular weight is 366 g/mol. The van der Waals surface area contributed by atoms with Gasteiger partial charge in [0.2, 0.25) is 0 Å². The highest BCUT2D eigenvalue weighted by Gasteiger charge is 2.15. The number of aromatic amines is 2. The monoisotopic (exact) mass is 366 g/mol. The van der Waals surface area contributed by atoms with Crippen LogP contribution in [0.1, 0.15) is 12.5 Å². The highest BCUT2D eigenvalue weighted by molar-refractivity contribution is 5.86. The smallest absolute Gasteiger partial charge is 0.308 e. The van der Waals surface area contributed by atoms with Crippen LogP contribution < -0.4 is 21.2 Å². The topological polar surface area (TPSA) is 134 Å². The van der Waals surface area contributed by atoms with E-state index in [0.29, 0.717) is 28.3 Å². The second kappa shape index (κ2) is 6.09. The summed E-state index contributed by atoms with van der Waals surface area (Å²) in [6.07, 6.45) is 2.94. The average Bonchev–Trinajstić information content (AvgIpc) is 2.94. The van der Waals surface area contributed by atoms with Gasteiger partial charge >= 0.3 is 5.97 Å². The number of hydrogen-bond donors (Lipinski definition) is 3. The Balaban J connectivity index is 1.82. The third-order valence-electron chi connectivity index (χ3n) is 4.10. The number of H-pyrrole nitrogens is 2. The Labute approximate surface area is 150 Å². The molecule has 0 fully saturated rings. The Kier molecular flexibility index (Phi) is 3.73. The Bertz CT molecular complexity index is 1320. The van der Waals surface area contributed by atoms with Crippen LogP contribution in [-0.4, -0.2) is 30.8 Å². The number of anilines is 2. The number of aromatic nitrogens is 5. The van der Waals surface area contributed by atoms with Gasteiger partial charge in [0.25, 0.3) is 11.1 Å². The molecule has 1 aromatic carbocycles. The number of esters is 1. The maximum absolute atomic E-state index is 12.0. The number of carbonyl (C=O) groups excluding carboxylic acids is 1. The van der Waals surface area contributed by atoms with Crippen LogP contribution in [0.15, 0.2) is 40.3 Å². The standard InChI is InChI=1S/C17H14N6O4/c1-8-13(27-9(2)24)6-23-14(8)15(18-7-19-23)20-10-3-4-11-12(5-10)17(26)22-21-16(11)25/h3-7H,1-2H3,(H,21,25)(H,22,26)(H,18,19,20). The molecule has 4 aromatic rings. The molecule has 0 saturated heterocycles. The van der Waals surface area contributed by atoms with Crippen LogP contribution in [-0.2, 0) is 4.79 Å². The molecule has 3 aromatic heterocycles. The number of nitrogens with one attached hydrogen (secondary N) is 3. The number of nitrogens with zero attached hydrogens (tertiary/aromatic N) is 3. The first kappa shape index (κ1) is 16.5. The van der Waals surface area contributed by atoms with Gasteiger partial charge in [0.1, 0.15) is 11.8 Å². The summed E-state index contributed by atoms with van der Waals surface area (Å²) >= 11 is 0. The Hall–Kier alpha value is -3.95. The SMILES string of the molecule is CC(=O)Oc1cn2ncnc(Nc3ccc4c(=O)[nH][nH]c(=O)c4c3)c2c1C. The van der Waals surface area contributed by atoms with Crippen LogP contribution in [0.5, 0.6) is 5.75 Å². The van der Waals surface area contributed by atoms with E-state index in [1.165, 1.54) is 13.3 Å². The summed E-state index contributed by atoms with van der Waals surface area (Å²) < 4.78 is 6.73. The van der Waals surface area contributed by atoms with Crippen molar-refractivity contribution in [2.45, 2.75) is 13.8 Å². The second-order valence-corrected chi connectivity index (χ2v) is 5.91. The number of fused-ring (bicyclic) bond motifs is 2. The van der Waals surface area contributed by atoms with Gasteiger partial charge in [0.05, 0.1) is 17.0 Å². The quantitative estimate of drug-likeness (QED) is 0.464. The highest BCUT2D eigenvalue weighted by Crippen LogP contribution is 2.30. The van der Waals surface area contributed by atoms with Gasteiger partial charge in [0, 0.05) is 18.2 Å². The summed E-state index contributed by atoms with van der Waals surface area (Å²) in [4.78, 5) is 39.3. The summed E-state index contributed by atoms with van der Waals surface area (Å²) in [5.74, 6) is 0.407. The molecule has 0 amide bonds. The highest BCUT2D eigenvalue weighted by atomic mass is 16.5. The Morgan fingerprint density at radius 3 is 2.67 bits per heavy atom. The molecule has 0 saturated carbocycles. The molecule has 0 bridgehead atoms. The summed E-state index contributed by atoms with van der Waals surface area (Å²) in [6, 6.07) is 4.79. The zero-order valence-electron chi connectivity index (χ0n) is 14.4. The lowest BCUT2D eigenvalue weighted by atomic mass is 10.2. The van der Waals surface area contributed by atoms with Crippen molar-refractivity contribution >= 4 is 33.8 Å². The number of aryl methyl sites for hydroxylation is 1. The van der Waals surface area contributed by atoms with Crippen LogP contribution >= 0.6 is 0 Å². The van der Waals surface area contributed by atoms with Gasteiger partial charge in [-0.2, -0.15) is 5.10 Å². The number of hydrogen-bond acceptors (Lipinski definition) is 7. The molecule has 0 radical (unpaired) electrons. The molecule has 3 heterocycles. The maximum Gasteiger partial charge on any atom is 0.308 e. The molecule has 0 aliphatic heterocycles. The minimum absolute atomic E-state index is 0.251. The third kappa shape index (κ3) is 2.82. The van der Waals surface area contributed by atoms with E-state index in [9.17, 15) is 14.4 Å². The van der Waals surface area contributed by atoms with E-state index in [-0.39, 0.29) is 16.3 Å². The van der Waals surface area contributed by atoms with Crippen LogP contribution in [0.3, 0.4) is 0 Å². The number of carbonyl (C=O) groups is 1. The van der Waals surface area contributed by atoms with Crippen molar-refractivity contribution in [3.05, 3.63) is 57.0 Å². The first-order valence-corrected chi connectivity index (χ1v) is 7.97.